The standard InChI is InChI=1S/C11H20N2O4/c1-8(3-4-10(15)16)13-9(14)5-17-11(2)6-12-7-11/h8,12H,3-7H2,1-2H3,(H,13,14)(H,15,16). The molecule has 0 aromatic rings. The number of carbonyl (C=O) groups excluding carboxylic acids is 1. The lowest BCUT2D eigenvalue weighted by atomic mass is 10.0. The van der Waals surface area contributed by atoms with Crippen molar-refractivity contribution in [2.45, 2.75) is 38.3 Å². The monoisotopic (exact) mass is 244 g/mol. The molecule has 0 radical (unpaired) electrons. The minimum atomic E-state index is -0.851. The molecule has 0 aliphatic carbocycles. The lowest BCUT2D eigenvalue weighted by Crippen LogP contribution is -2.59. The normalized spacial score (nSPS) is 19.2. The number of hydrogen-bond acceptors (Lipinski definition) is 4. The van der Waals surface area contributed by atoms with Gasteiger partial charge in [0.2, 0.25) is 5.91 Å². The zero-order valence-electron chi connectivity index (χ0n) is 10.3. The molecule has 1 fully saturated rings. The second-order valence-electron chi connectivity index (χ2n) is 4.74. The number of carbonyl (C=O) groups is 2. The lowest BCUT2D eigenvalue weighted by molar-refractivity contribution is -0.138. The van der Waals surface area contributed by atoms with Crippen LogP contribution in [0.2, 0.25) is 0 Å². The highest BCUT2D eigenvalue weighted by molar-refractivity contribution is 5.77. The van der Waals surface area contributed by atoms with Gasteiger partial charge in [0, 0.05) is 25.6 Å². The number of rotatable bonds is 7. The Hall–Kier alpha value is -1.14. The molecule has 0 spiro atoms. The van der Waals surface area contributed by atoms with Gasteiger partial charge in [-0.15, -0.1) is 0 Å². The van der Waals surface area contributed by atoms with Crippen molar-refractivity contribution in [2.75, 3.05) is 19.7 Å². The highest BCUT2D eigenvalue weighted by atomic mass is 16.5. The van der Waals surface area contributed by atoms with Gasteiger partial charge in [-0.1, -0.05) is 0 Å². The third kappa shape index (κ3) is 5.14. The second-order valence-corrected chi connectivity index (χ2v) is 4.74. The SMILES string of the molecule is CC(CCC(=O)O)NC(=O)COC1(C)CNC1. The minimum absolute atomic E-state index is 0.0234. The van der Waals surface area contributed by atoms with Gasteiger partial charge in [-0.2, -0.15) is 0 Å². The number of amides is 1. The van der Waals surface area contributed by atoms with Crippen LogP contribution in [-0.2, 0) is 14.3 Å². The van der Waals surface area contributed by atoms with Crippen LogP contribution in [0, 0.1) is 0 Å². The Labute approximate surface area is 101 Å². The van der Waals surface area contributed by atoms with E-state index in [1.165, 1.54) is 0 Å². The molecule has 1 atom stereocenters. The van der Waals surface area contributed by atoms with Crippen LogP contribution < -0.4 is 10.6 Å². The molecule has 0 saturated carbocycles. The van der Waals surface area contributed by atoms with Crippen LogP contribution in [0.3, 0.4) is 0 Å². The van der Waals surface area contributed by atoms with Crippen molar-refractivity contribution in [3.05, 3.63) is 0 Å². The number of carboxylic acid groups (broad SMARTS) is 1. The molecule has 1 rings (SSSR count). The summed E-state index contributed by atoms with van der Waals surface area (Å²) in [5.74, 6) is -1.05. The van der Waals surface area contributed by atoms with Crippen molar-refractivity contribution < 1.29 is 19.4 Å². The first-order chi connectivity index (χ1) is 7.91. The van der Waals surface area contributed by atoms with Gasteiger partial charge in [-0.25, -0.2) is 0 Å². The predicted octanol–water partition coefficient (Wildman–Crippen LogP) is -0.266. The molecule has 1 aliphatic rings. The maximum atomic E-state index is 11.5. The summed E-state index contributed by atoms with van der Waals surface area (Å²) in [6.07, 6.45) is 0.490. The van der Waals surface area contributed by atoms with Crippen molar-refractivity contribution in [2.24, 2.45) is 0 Å². The van der Waals surface area contributed by atoms with Crippen molar-refractivity contribution >= 4 is 11.9 Å². The van der Waals surface area contributed by atoms with E-state index >= 15 is 0 Å². The number of hydrogen-bond donors (Lipinski definition) is 3. The largest absolute Gasteiger partial charge is 0.481 e. The zero-order valence-corrected chi connectivity index (χ0v) is 10.3. The van der Waals surface area contributed by atoms with E-state index in [4.69, 9.17) is 9.84 Å². The molecule has 1 saturated heterocycles. The van der Waals surface area contributed by atoms with E-state index in [1.807, 2.05) is 6.92 Å². The lowest BCUT2D eigenvalue weighted by Gasteiger charge is -2.38. The van der Waals surface area contributed by atoms with Gasteiger partial charge in [0.15, 0.2) is 0 Å². The van der Waals surface area contributed by atoms with Gasteiger partial charge in [0.1, 0.15) is 6.61 Å². The first-order valence-electron chi connectivity index (χ1n) is 5.77. The molecule has 0 aromatic carbocycles. The summed E-state index contributed by atoms with van der Waals surface area (Å²) in [7, 11) is 0. The summed E-state index contributed by atoms with van der Waals surface area (Å²) in [5.41, 5.74) is -0.234. The number of aliphatic carboxylic acids is 1. The van der Waals surface area contributed by atoms with E-state index in [2.05, 4.69) is 10.6 Å². The van der Waals surface area contributed by atoms with Crippen molar-refractivity contribution in [3.8, 4) is 0 Å². The van der Waals surface area contributed by atoms with Crippen LogP contribution in [0.25, 0.3) is 0 Å². The molecule has 1 heterocycles. The Morgan fingerprint density at radius 3 is 2.65 bits per heavy atom. The van der Waals surface area contributed by atoms with E-state index in [9.17, 15) is 9.59 Å². The van der Waals surface area contributed by atoms with E-state index in [0.717, 1.165) is 13.1 Å². The topological polar surface area (TPSA) is 87.7 Å². The third-order valence-electron chi connectivity index (χ3n) is 2.75. The Morgan fingerprint density at radius 2 is 2.18 bits per heavy atom. The Kier molecular flexibility index (Phi) is 4.89. The van der Waals surface area contributed by atoms with Crippen LogP contribution in [0.15, 0.2) is 0 Å². The number of nitrogens with one attached hydrogen (secondary N) is 2. The van der Waals surface area contributed by atoms with Crippen LogP contribution in [0.1, 0.15) is 26.7 Å². The maximum absolute atomic E-state index is 11.5. The predicted molar refractivity (Wildman–Crippen MR) is 61.7 cm³/mol. The molecular weight excluding hydrogens is 224 g/mol. The molecule has 0 bridgehead atoms. The van der Waals surface area contributed by atoms with Gasteiger partial charge in [0.05, 0.1) is 5.60 Å². The molecule has 6 nitrogen and oxygen atoms in total. The van der Waals surface area contributed by atoms with Gasteiger partial charge >= 0.3 is 5.97 Å². The van der Waals surface area contributed by atoms with Crippen molar-refractivity contribution in [1.82, 2.24) is 10.6 Å². The fourth-order valence-electron chi connectivity index (χ4n) is 1.55. The van der Waals surface area contributed by atoms with Crippen LogP contribution >= 0.6 is 0 Å². The smallest absolute Gasteiger partial charge is 0.303 e. The summed E-state index contributed by atoms with van der Waals surface area (Å²) in [6.45, 7) is 5.28. The molecule has 98 valence electrons. The van der Waals surface area contributed by atoms with Crippen LogP contribution in [-0.4, -0.2) is 48.3 Å². The summed E-state index contributed by atoms with van der Waals surface area (Å²) >= 11 is 0. The molecule has 0 aromatic heterocycles. The maximum Gasteiger partial charge on any atom is 0.303 e. The van der Waals surface area contributed by atoms with E-state index in [-0.39, 0.29) is 30.6 Å². The average Bonchev–Trinajstić information content (AvgIpc) is 2.21. The highest BCUT2D eigenvalue weighted by Gasteiger charge is 2.33. The van der Waals surface area contributed by atoms with E-state index in [0.29, 0.717) is 6.42 Å². The molecule has 1 unspecified atom stereocenters. The Morgan fingerprint density at radius 1 is 1.53 bits per heavy atom. The quantitative estimate of drug-likeness (QED) is 0.574. The fourth-order valence-corrected chi connectivity index (χ4v) is 1.55. The number of carboxylic acids is 1. The molecular formula is C11H20N2O4. The van der Waals surface area contributed by atoms with Crippen LogP contribution in [0.4, 0.5) is 0 Å². The van der Waals surface area contributed by atoms with Gasteiger partial charge in [-0.05, 0) is 20.3 Å². The first kappa shape index (κ1) is 13.9. The van der Waals surface area contributed by atoms with E-state index < -0.39 is 5.97 Å². The fraction of sp³-hybridized carbons (Fsp3) is 0.818. The molecule has 1 amide bonds. The zero-order chi connectivity index (χ0) is 12.9. The summed E-state index contributed by atoms with van der Waals surface area (Å²) in [4.78, 5) is 21.8. The highest BCUT2D eigenvalue weighted by Crippen LogP contribution is 2.14. The molecule has 17 heavy (non-hydrogen) atoms. The summed E-state index contributed by atoms with van der Waals surface area (Å²) in [6, 6.07) is -0.144. The first-order valence-corrected chi connectivity index (χ1v) is 5.77. The van der Waals surface area contributed by atoms with Crippen molar-refractivity contribution in [1.29, 1.82) is 0 Å². The molecule has 1 aliphatic heterocycles. The summed E-state index contributed by atoms with van der Waals surface area (Å²) < 4.78 is 5.46. The number of ether oxygens (including phenoxy) is 1. The summed E-state index contributed by atoms with van der Waals surface area (Å²) in [5, 5.41) is 14.3. The van der Waals surface area contributed by atoms with Crippen LogP contribution in [0.5, 0.6) is 0 Å². The second kappa shape index (κ2) is 5.97. The van der Waals surface area contributed by atoms with Crippen molar-refractivity contribution in [3.63, 3.8) is 0 Å². The van der Waals surface area contributed by atoms with E-state index in [1.54, 1.807) is 6.92 Å². The van der Waals surface area contributed by atoms with Gasteiger partial charge in [-0.3, -0.25) is 9.59 Å². The average molecular weight is 244 g/mol. The molecule has 6 heteroatoms. The minimum Gasteiger partial charge on any atom is -0.481 e. The Balaban J connectivity index is 2.13. The van der Waals surface area contributed by atoms with Gasteiger partial charge in [0.25, 0.3) is 0 Å². The third-order valence-corrected chi connectivity index (χ3v) is 2.75. The molecule has 3 N–H and O–H groups in total. The van der Waals surface area contributed by atoms with Gasteiger partial charge < -0.3 is 20.5 Å². The Bertz CT molecular complexity index is 289.